The van der Waals surface area contributed by atoms with Gasteiger partial charge in [0, 0.05) is 18.7 Å². The molecule has 0 aromatic carbocycles. The molecule has 1 aliphatic heterocycles. The number of aliphatic carboxylic acids is 3. The number of nitrogens with zero attached hydrogens (tertiary/aromatic N) is 1. The molecule has 1 aliphatic rings. The summed E-state index contributed by atoms with van der Waals surface area (Å²) in [6, 6.07) is -5.12. The van der Waals surface area contributed by atoms with Crippen LogP contribution in [0.15, 0.2) is 0 Å². The Kier molecular flexibility index (Phi) is 10.2. The Balaban J connectivity index is 2.91. The molecule has 1 saturated heterocycles. The third-order valence-electron chi connectivity index (χ3n) is 4.63. The van der Waals surface area contributed by atoms with E-state index in [1.807, 2.05) is 0 Å². The minimum Gasteiger partial charge on any atom is -0.481 e. The van der Waals surface area contributed by atoms with Crippen molar-refractivity contribution >= 4 is 48.3 Å². The summed E-state index contributed by atoms with van der Waals surface area (Å²) in [5.41, 5.74) is 5.45. The van der Waals surface area contributed by atoms with Gasteiger partial charge in [-0.3, -0.25) is 24.0 Å². The molecule has 1 heterocycles. The van der Waals surface area contributed by atoms with Crippen molar-refractivity contribution in [2.45, 2.75) is 56.3 Å². The third-order valence-corrected chi connectivity index (χ3v) is 4.99. The number of nitrogens with one attached hydrogen (secondary N) is 2. The first-order chi connectivity index (χ1) is 14.5. The zero-order valence-electron chi connectivity index (χ0n) is 16.5. The second kappa shape index (κ2) is 12.1. The highest BCUT2D eigenvalue weighted by atomic mass is 32.1. The molecule has 3 amide bonds. The molecule has 0 bridgehead atoms. The van der Waals surface area contributed by atoms with Gasteiger partial charge in [-0.2, -0.15) is 12.6 Å². The van der Waals surface area contributed by atoms with E-state index in [-0.39, 0.29) is 25.1 Å². The number of carbonyl (C=O) groups is 6. The summed E-state index contributed by atoms with van der Waals surface area (Å²) >= 11 is 3.96. The Hall–Kier alpha value is -2.87. The highest BCUT2D eigenvalue weighted by molar-refractivity contribution is 7.80. The fourth-order valence-electron chi connectivity index (χ4n) is 3.04. The Bertz CT molecular complexity index is 732. The van der Waals surface area contributed by atoms with E-state index in [9.17, 15) is 33.9 Å². The van der Waals surface area contributed by atoms with Gasteiger partial charge in [0.25, 0.3) is 0 Å². The molecular weight excluding hydrogens is 436 g/mol. The second-order valence-electron chi connectivity index (χ2n) is 6.97. The molecule has 4 unspecified atom stereocenters. The first-order valence-corrected chi connectivity index (χ1v) is 10.0. The van der Waals surface area contributed by atoms with E-state index >= 15 is 0 Å². The van der Waals surface area contributed by atoms with Gasteiger partial charge in [0.15, 0.2) is 0 Å². The maximum atomic E-state index is 12.8. The zero-order valence-corrected chi connectivity index (χ0v) is 17.4. The zero-order chi connectivity index (χ0) is 23.7. The van der Waals surface area contributed by atoms with E-state index in [0.29, 0.717) is 6.42 Å². The average Bonchev–Trinajstić information content (AvgIpc) is 3.17. The van der Waals surface area contributed by atoms with Crippen LogP contribution in [0.25, 0.3) is 0 Å². The van der Waals surface area contributed by atoms with Crippen molar-refractivity contribution in [1.29, 1.82) is 0 Å². The molecule has 0 spiro atoms. The van der Waals surface area contributed by atoms with E-state index in [2.05, 4.69) is 23.3 Å². The smallest absolute Gasteiger partial charge is 0.326 e. The molecular formula is C17H26N4O9S. The Morgan fingerprint density at radius 1 is 1.00 bits per heavy atom. The molecule has 1 fully saturated rings. The Morgan fingerprint density at radius 2 is 1.61 bits per heavy atom. The molecule has 14 heteroatoms. The summed E-state index contributed by atoms with van der Waals surface area (Å²) in [5.74, 6) is -6.50. The van der Waals surface area contributed by atoms with Crippen LogP contribution >= 0.6 is 12.6 Å². The van der Waals surface area contributed by atoms with Crippen molar-refractivity contribution in [3.05, 3.63) is 0 Å². The van der Waals surface area contributed by atoms with Crippen molar-refractivity contribution < 1.29 is 44.1 Å². The number of hydrogen-bond donors (Lipinski definition) is 7. The molecule has 7 N–H and O–H groups in total. The van der Waals surface area contributed by atoms with Gasteiger partial charge < -0.3 is 36.6 Å². The van der Waals surface area contributed by atoms with E-state index in [1.165, 1.54) is 0 Å². The number of hydrogen-bond acceptors (Lipinski definition) is 8. The van der Waals surface area contributed by atoms with Crippen LogP contribution in [0.5, 0.6) is 0 Å². The number of likely N-dealkylation sites (tertiary alicyclic amines) is 1. The first-order valence-electron chi connectivity index (χ1n) is 9.42. The Morgan fingerprint density at radius 3 is 2.13 bits per heavy atom. The maximum Gasteiger partial charge on any atom is 0.326 e. The number of carbonyl (C=O) groups excluding carboxylic acids is 3. The summed E-state index contributed by atoms with van der Waals surface area (Å²) < 4.78 is 0. The second-order valence-corrected chi connectivity index (χ2v) is 7.33. The van der Waals surface area contributed by atoms with Crippen LogP contribution in [0, 0.1) is 0 Å². The molecule has 1 rings (SSSR count). The molecule has 0 aliphatic carbocycles. The van der Waals surface area contributed by atoms with Gasteiger partial charge in [-0.05, 0) is 19.3 Å². The van der Waals surface area contributed by atoms with Crippen LogP contribution in [0.1, 0.15) is 32.1 Å². The lowest BCUT2D eigenvalue weighted by atomic mass is 10.1. The van der Waals surface area contributed by atoms with E-state index in [1.54, 1.807) is 0 Å². The molecule has 31 heavy (non-hydrogen) atoms. The molecule has 4 atom stereocenters. The molecule has 0 saturated carbocycles. The standard InChI is InChI=1S/C17H26N4O9S/c18-8(6-13(24)25)14(26)20-10(7-31)15(27)19-9(3-4-12(22)23)16(28)21-5-1-2-11(21)17(29)30/h8-11,31H,1-7,18H2,(H,19,27)(H,20,26)(H,22,23)(H,24,25)(H,29,30). The fourth-order valence-corrected chi connectivity index (χ4v) is 3.30. The van der Waals surface area contributed by atoms with Crippen LogP contribution < -0.4 is 16.4 Å². The van der Waals surface area contributed by atoms with Crippen molar-refractivity contribution in [2.75, 3.05) is 12.3 Å². The lowest BCUT2D eigenvalue weighted by Crippen LogP contribution is -2.57. The van der Waals surface area contributed by atoms with Crippen LogP contribution in [-0.2, 0) is 28.8 Å². The molecule has 13 nitrogen and oxygen atoms in total. The topological polar surface area (TPSA) is 216 Å². The lowest BCUT2D eigenvalue weighted by molar-refractivity contribution is -0.150. The fraction of sp³-hybridized carbons (Fsp3) is 0.647. The summed E-state index contributed by atoms with van der Waals surface area (Å²) in [4.78, 5) is 71.4. The minimum absolute atomic E-state index is 0.145. The number of thiol groups is 1. The van der Waals surface area contributed by atoms with Gasteiger partial charge in [0.05, 0.1) is 12.5 Å². The van der Waals surface area contributed by atoms with Gasteiger partial charge in [-0.1, -0.05) is 0 Å². The first kappa shape index (κ1) is 26.2. The van der Waals surface area contributed by atoms with Crippen LogP contribution in [0.2, 0.25) is 0 Å². The van der Waals surface area contributed by atoms with Crippen molar-refractivity contribution in [3.63, 3.8) is 0 Å². The largest absolute Gasteiger partial charge is 0.481 e. The number of carboxylic acid groups (broad SMARTS) is 3. The van der Waals surface area contributed by atoms with Crippen LogP contribution in [0.3, 0.4) is 0 Å². The Labute approximate surface area is 182 Å². The van der Waals surface area contributed by atoms with Gasteiger partial charge >= 0.3 is 17.9 Å². The highest BCUT2D eigenvalue weighted by Gasteiger charge is 2.38. The molecule has 0 aromatic heterocycles. The predicted molar refractivity (Wildman–Crippen MR) is 107 cm³/mol. The van der Waals surface area contributed by atoms with Crippen molar-refractivity contribution in [1.82, 2.24) is 15.5 Å². The summed E-state index contributed by atoms with van der Waals surface area (Å²) in [6.07, 6.45) is -0.757. The van der Waals surface area contributed by atoms with Gasteiger partial charge in [-0.25, -0.2) is 4.79 Å². The van der Waals surface area contributed by atoms with E-state index in [0.717, 1.165) is 4.90 Å². The molecule has 0 radical (unpaired) electrons. The van der Waals surface area contributed by atoms with Crippen molar-refractivity contribution in [3.8, 4) is 0 Å². The molecule has 174 valence electrons. The minimum atomic E-state index is -1.42. The van der Waals surface area contributed by atoms with Crippen LogP contribution in [0.4, 0.5) is 0 Å². The van der Waals surface area contributed by atoms with Gasteiger partial charge in [0.1, 0.15) is 18.1 Å². The van der Waals surface area contributed by atoms with E-state index in [4.69, 9.17) is 15.9 Å². The lowest BCUT2D eigenvalue weighted by Gasteiger charge is -2.28. The number of nitrogens with two attached hydrogens (primary N) is 1. The summed E-state index contributed by atoms with van der Waals surface area (Å²) in [5, 5.41) is 31.5. The SMILES string of the molecule is NC(CC(=O)O)C(=O)NC(CS)C(=O)NC(CCC(=O)O)C(=O)N1CCCC1C(=O)O. The summed E-state index contributed by atoms with van der Waals surface area (Å²) in [6.45, 7) is 0.145. The number of amides is 3. The van der Waals surface area contributed by atoms with Crippen molar-refractivity contribution in [2.24, 2.45) is 5.73 Å². The van der Waals surface area contributed by atoms with Crippen LogP contribution in [-0.4, -0.2) is 92.3 Å². The highest BCUT2D eigenvalue weighted by Crippen LogP contribution is 2.19. The normalized spacial score (nSPS) is 18.5. The quantitative estimate of drug-likeness (QED) is 0.153. The summed E-state index contributed by atoms with van der Waals surface area (Å²) in [7, 11) is 0. The monoisotopic (exact) mass is 462 g/mol. The third kappa shape index (κ3) is 8.05. The maximum absolute atomic E-state index is 12.8. The van der Waals surface area contributed by atoms with E-state index < -0.39 is 72.6 Å². The van der Waals surface area contributed by atoms with Gasteiger partial charge in [0.2, 0.25) is 17.7 Å². The van der Waals surface area contributed by atoms with Gasteiger partial charge in [-0.15, -0.1) is 0 Å². The molecule has 0 aromatic rings. The number of rotatable bonds is 12. The number of carboxylic acids is 3. The predicted octanol–water partition coefficient (Wildman–Crippen LogP) is -2.37. The average molecular weight is 462 g/mol.